The van der Waals surface area contributed by atoms with Crippen molar-refractivity contribution >= 4 is 33.7 Å². The monoisotopic (exact) mass is 313 g/mol. The number of hydrogen-bond donors (Lipinski definition) is 2. The highest BCUT2D eigenvalue weighted by Crippen LogP contribution is 2.29. The second-order valence-electron chi connectivity index (χ2n) is 5.32. The Bertz CT molecular complexity index is 811. The molecule has 22 heavy (non-hydrogen) atoms. The van der Waals surface area contributed by atoms with Gasteiger partial charge < -0.3 is 5.11 Å². The molecule has 5 heteroatoms. The van der Waals surface area contributed by atoms with Crippen molar-refractivity contribution < 1.29 is 14.7 Å². The van der Waals surface area contributed by atoms with Gasteiger partial charge in [-0.15, -0.1) is 0 Å². The molecule has 2 N–H and O–H groups in total. The van der Waals surface area contributed by atoms with E-state index in [4.69, 9.17) is 0 Å². The van der Waals surface area contributed by atoms with Crippen molar-refractivity contribution in [1.29, 1.82) is 0 Å². The van der Waals surface area contributed by atoms with Crippen LogP contribution in [0, 0.1) is 0 Å². The SMILES string of the molecule is C/C(CCc1ccc2cc(O)ccc2c1)=C1\SC(=O)NC1=O. The molecule has 0 aliphatic carbocycles. The van der Waals surface area contributed by atoms with Crippen molar-refractivity contribution in [3.63, 3.8) is 0 Å². The summed E-state index contributed by atoms with van der Waals surface area (Å²) >= 11 is 0.973. The van der Waals surface area contributed by atoms with E-state index in [0.29, 0.717) is 4.91 Å². The van der Waals surface area contributed by atoms with Gasteiger partial charge in [-0.1, -0.05) is 29.8 Å². The minimum atomic E-state index is -0.301. The van der Waals surface area contributed by atoms with Gasteiger partial charge in [-0.25, -0.2) is 0 Å². The Labute approximate surface area is 132 Å². The molecule has 0 atom stereocenters. The number of phenolic OH excluding ortho intramolecular Hbond substituents is 1. The molecule has 2 aromatic rings. The number of carbonyl (C=O) groups excluding carboxylic acids is 2. The molecule has 1 heterocycles. The van der Waals surface area contributed by atoms with Crippen molar-refractivity contribution in [3.05, 3.63) is 52.4 Å². The normalized spacial score (nSPS) is 17.0. The third-order valence-electron chi connectivity index (χ3n) is 3.68. The van der Waals surface area contributed by atoms with Gasteiger partial charge in [0.25, 0.3) is 11.1 Å². The predicted octanol–water partition coefficient (Wildman–Crippen LogP) is 3.74. The molecule has 4 nitrogen and oxygen atoms in total. The highest BCUT2D eigenvalue weighted by atomic mass is 32.2. The fourth-order valence-electron chi connectivity index (χ4n) is 2.48. The highest BCUT2D eigenvalue weighted by Gasteiger charge is 2.26. The maximum atomic E-state index is 11.6. The molecule has 1 fully saturated rings. The van der Waals surface area contributed by atoms with Crippen LogP contribution in [0.2, 0.25) is 0 Å². The summed E-state index contributed by atoms with van der Waals surface area (Å²) in [5.74, 6) is -0.0312. The average molecular weight is 313 g/mol. The lowest BCUT2D eigenvalue weighted by molar-refractivity contribution is -0.115. The summed E-state index contributed by atoms with van der Waals surface area (Å²) < 4.78 is 0. The van der Waals surface area contributed by atoms with Crippen LogP contribution in [0.1, 0.15) is 18.9 Å². The minimum absolute atomic E-state index is 0.259. The minimum Gasteiger partial charge on any atom is -0.508 e. The largest absolute Gasteiger partial charge is 0.508 e. The first-order chi connectivity index (χ1) is 10.5. The number of benzene rings is 2. The Balaban J connectivity index is 1.76. The second kappa shape index (κ2) is 5.85. The van der Waals surface area contributed by atoms with Crippen LogP contribution in [0.5, 0.6) is 5.75 Å². The molecule has 0 bridgehead atoms. The van der Waals surface area contributed by atoms with E-state index in [1.54, 1.807) is 12.1 Å². The zero-order chi connectivity index (χ0) is 15.7. The summed E-state index contributed by atoms with van der Waals surface area (Å²) in [7, 11) is 0. The first-order valence-electron chi connectivity index (χ1n) is 6.97. The van der Waals surface area contributed by atoms with E-state index in [2.05, 4.69) is 11.4 Å². The number of fused-ring (bicyclic) bond motifs is 1. The summed E-state index contributed by atoms with van der Waals surface area (Å²) in [6, 6.07) is 11.4. The van der Waals surface area contributed by atoms with E-state index in [0.717, 1.165) is 46.5 Å². The van der Waals surface area contributed by atoms with Gasteiger partial charge in [0.2, 0.25) is 0 Å². The highest BCUT2D eigenvalue weighted by molar-refractivity contribution is 8.18. The van der Waals surface area contributed by atoms with Gasteiger partial charge in [0.15, 0.2) is 0 Å². The van der Waals surface area contributed by atoms with Crippen LogP contribution in [0.25, 0.3) is 10.8 Å². The molecule has 1 aliphatic rings. The van der Waals surface area contributed by atoms with E-state index in [-0.39, 0.29) is 16.9 Å². The van der Waals surface area contributed by atoms with E-state index >= 15 is 0 Å². The lowest BCUT2D eigenvalue weighted by atomic mass is 10.0. The van der Waals surface area contributed by atoms with Crippen LogP contribution in [0.15, 0.2) is 46.9 Å². The molecule has 2 aromatic carbocycles. The summed E-state index contributed by atoms with van der Waals surface area (Å²) in [6.45, 7) is 1.89. The van der Waals surface area contributed by atoms with Crippen molar-refractivity contribution in [2.45, 2.75) is 19.8 Å². The Morgan fingerprint density at radius 3 is 2.59 bits per heavy atom. The number of allylic oxidation sites excluding steroid dienone is 1. The van der Waals surface area contributed by atoms with Crippen LogP contribution in [0.4, 0.5) is 4.79 Å². The number of aryl methyl sites for hydroxylation is 1. The summed E-state index contributed by atoms with van der Waals surface area (Å²) in [5.41, 5.74) is 2.09. The molecule has 1 saturated heterocycles. The molecule has 112 valence electrons. The van der Waals surface area contributed by atoms with Crippen molar-refractivity contribution in [1.82, 2.24) is 5.32 Å². The van der Waals surface area contributed by atoms with Crippen molar-refractivity contribution in [2.75, 3.05) is 0 Å². The number of hydrogen-bond acceptors (Lipinski definition) is 4. The molecule has 3 rings (SSSR count). The third-order valence-corrected chi connectivity index (χ3v) is 4.71. The van der Waals surface area contributed by atoms with Crippen LogP contribution < -0.4 is 5.32 Å². The number of thioether (sulfide) groups is 1. The van der Waals surface area contributed by atoms with Crippen molar-refractivity contribution in [2.24, 2.45) is 0 Å². The quantitative estimate of drug-likeness (QED) is 0.847. The zero-order valence-corrected chi connectivity index (χ0v) is 12.9. The number of imide groups is 1. The number of amides is 2. The lowest BCUT2D eigenvalue weighted by Crippen LogP contribution is -2.18. The summed E-state index contributed by atoms with van der Waals surface area (Å²) in [4.78, 5) is 23.3. The zero-order valence-electron chi connectivity index (χ0n) is 12.1. The molecule has 0 radical (unpaired) electrons. The maximum Gasteiger partial charge on any atom is 0.290 e. The molecular weight excluding hydrogens is 298 g/mol. The molecule has 0 unspecified atom stereocenters. The third kappa shape index (κ3) is 2.99. The Morgan fingerprint density at radius 1 is 1.14 bits per heavy atom. The number of aromatic hydroxyl groups is 1. The summed E-state index contributed by atoms with van der Waals surface area (Å²) in [6.07, 6.45) is 1.53. The Morgan fingerprint density at radius 2 is 1.86 bits per heavy atom. The lowest BCUT2D eigenvalue weighted by Gasteiger charge is -2.06. The standard InChI is InChI=1S/C17H15NO3S/c1-10(15-16(20)18-17(21)22-15)2-3-11-4-5-13-9-14(19)7-6-12(13)8-11/h4-9,19H,2-3H2,1H3,(H,18,20,21)/b15-10+. The van der Waals surface area contributed by atoms with Crippen LogP contribution in [-0.2, 0) is 11.2 Å². The van der Waals surface area contributed by atoms with Gasteiger partial charge >= 0.3 is 0 Å². The first-order valence-corrected chi connectivity index (χ1v) is 7.79. The molecule has 1 aliphatic heterocycles. The number of nitrogens with one attached hydrogen (secondary N) is 1. The van der Waals surface area contributed by atoms with Crippen LogP contribution in [0.3, 0.4) is 0 Å². The van der Waals surface area contributed by atoms with Gasteiger partial charge in [-0.3, -0.25) is 14.9 Å². The van der Waals surface area contributed by atoms with E-state index < -0.39 is 0 Å². The first kappa shape index (κ1) is 14.7. The number of rotatable bonds is 3. The summed E-state index contributed by atoms with van der Waals surface area (Å²) in [5, 5.41) is 13.5. The van der Waals surface area contributed by atoms with E-state index in [1.807, 2.05) is 25.1 Å². The fraction of sp³-hybridized carbons (Fsp3) is 0.176. The number of carbonyl (C=O) groups is 2. The van der Waals surface area contributed by atoms with Crippen LogP contribution in [-0.4, -0.2) is 16.3 Å². The Kier molecular flexibility index (Phi) is 3.90. The Hall–Kier alpha value is -2.27. The van der Waals surface area contributed by atoms with Gasteiger partial charge in [0.1, 0.15) is 5.75 Å². The topological polar surface area (TPSA) is 66.4 Å². The smallest absolute Gasteiger partial charge is 0.290 e. The van der Waals surface area contributed by atoms with Crippen molar-refractivity contribution in [3.8, 4) is 5.75 Å². The van der Waals surface area contributed by atoms with Gasteiger partial charge in [0.05, 0.1) is 4.91 Å². The van der Waals surface area contributed by atoms with E-state index in [1.165, 1.54) is 0 Å². The molecular formula is C17H15NO3S. The molecule has 2 amide bonds. The van der Waals surface area contributed by atoms with Gasteiger partial charge in [-0.05, 0) is 60.0 Å². The molecule has 0 spiro atoms. The van der Waals surface area contributed by atoms with Gasteiger partial charge in [0, 0.05) is 0 Å². The molecule has 0 aromatic heterocycles. The van der Waals surface area contributed by atoms with Gasteiger partial charge in [-0.2, -0.15) is 0 Å². The fourth-order valence-corrected chi connectivity index (χ4v) is 3.23. The predicted molar refractivity (Wildman–Crippen MR) is 87.8 cm³/mol. The van der Waals surface area contributed by atoms with E-state index in [9.17, 15) is 14.7 Å². The van der Waals surface area contributed by atoms with Crippen LogP contribution >= 0.6 is 11.8 Å². The maximum absolute atomic E-state index is 11.6. The molecule has 0 saturated carbocycles. The second-order valence-corrected chi connectivity index (χ2v) is 6.30. The number of phenols is 1. The average Bonchev–Trinajstić information content (AvgIpc) is 2.83.